The first-order chi connectivity index (χ1) is 12.0. The molecule has 0 aliphatic heterocycles. The second-order valence-electron chi connectivity index (χ2n) is 11.4. The van der Waals surface area contributed by atoms with Gasteiger partial charge in [-0.15, -0.1) is 0 Å². The van der Waals surface area contributed by atoms with Crippen molar-refractivity contribution in [2.24, 2.45) is 0 Å². The summed E-state index contributed by atoms with van der Waals surface area (Å²) in [5, 5.41) is 0. The van der Waals surface area contributed by atoms with Crippen LogP contribution in [0.1, 0.15) is 95.7 Å². The molecule has 0 unspecified atom stereocenters. The van der Waals surface area contributed by atoms with Crippen LogP contribution in [0.4, 0.5) is 0 Å². The molecule has 148 valence electrons. The second-order valence-corrected chi connectivity index (χ2v) is 11.4. The van der Waals surface area contributed by atoms with Gasteiger partial charge in [0.2, 0.25) is 0 Å². The summed E-state index contributed by atoms with van der Waals surface area (Å²) < 4.78 is 0. The van der Waals surface area contributed by atoms with Crippen molar-refractivity contribution in [1.82, 2.24) is 0 Å². The molecule has 2 aromatic rings. The van der Waals surface area contributed by atoms with E-state index < -0.39 is 0 Å². The minimum absolute atomic E-state index is 0.132. The van der Waals surface area contributed by atoms with Gasteiger partial charge in [0.25, 0.3) is 0 Å². The summed E-state index contributed by atoms with van der Waals surface area (Å²) in [5.74, 6) is 0. The maximum absolute atomic E-state index is 2.43. The lowest BCUT2D eigenvalue weighted by Crippen LogP contribution is -2.20. The second kappa shape index (κ2) is 6.80. The van der Waals surface area contributed by atoms with Gasteiger partial charge in [-0.25, -0.2) is 0 Å². The molecule has 0 aromatic heterocycles. The van der Waals surface area contributed by atoms with Gasteiger partial charge in [0.1, 0.15) is 0 Å². The SMILES string of the molecule is Cc1cc(-c2cc(C(C)(C)C)c(C)c(C(C)(C)C)c2)cc(C(C)(C)C)c1C. The van der Waals surface area contributed by atoms with Crippen LogP contribution in [0.2, 0.25) is 0 Å². The molecular formula is C27H40. The van der Waals surface area contributed by atoms with Crippen molar-refractivity contribution in [2.45, 2.75) is 99.3 Å². The molecule has 0 fully saturated rings. The summed E-state index contributed by atoms with van der Waals surface area (Å²) in [6.07, 6.45) is 0. The smallest absolute Gasteiger partial charge is 0.0129 e. The average Bonchev–Trinajstić information content (AvgIpc) is 2.46. The highest BCUT2D eigenvalue weighted by molar-refractivity contribution is 5.70. The molecule has 0 spiro atoms. The third-order valence-electron chi connectivity index (χ3n) is 5.83. The molecule has 0 heteroatoms. The Morgan fingerprint density at radius 2 is 0.741 bits per heavy atom. The average molecular weight is 365 g/mol. The highest BCUT2D eigenvalue weighted by Crippen LogP contribution is 2.39. The predicted octanol–water partition coefficient (Wildman–Crippen LogP) is 8.17. The van der Waals surface area contributed by atoms with Gasteiger partial charge in [-0.1, -0.05) is 86.6 Å². The van der Waals surface area contributed by atoms with E-state index >= 15 is 0 Å². The summed E-state index contributed by atoms with van der Waals surface area (Å²) in [5.41, 5.74) is 11.7. The lowest BCUT2D eigenvalue weighted by atomic mass is 9.74. The highest BCUT2D eigenvalue weighted by Gasteiger charge is 2.25. The number of benzene rings is 2. The highest BCUT2D eigenvalue weighted by atomic mass is 14.3. The van der Waals surface area contributed by atoms with Crippen LogP contribution in [0.15, 0.2) is 24.3 Å². The van der Waals surface area contributed by atoms with Crippen LogP contribution in [-0.2, 0) is 16.2 Å². The molecule has 0 nitrogen and oxygen atoms in total. The standard InChI is InChI=1S/C27H40/c1-17-13-20(14-22(18(17)2)25(4,5)6)21-15-23(26(7,8)9)19(3)24(16-21)27(10,11)12/h13-16H,1-12H3. The first-order valence-electron chi connectivity index (χ1n) is 10.3. The summed E-state index contributed by atoms with van der Waals surface area (Å²) in [7, 11) is 0. The number of hydrogen-bond donors (Lipinski definition) is 0. The van der Waals surface area contributed by atoms with Gasteiger partial charge in [-0.2, -0.15) is 0 Å². The topological polar surface area (TPSA) is 0 Å². The van der Waals surface area contributed by atoms with Gasteiger partial charge in [0.15, 0.2) is 0 Å². The number of hydrogen-bond acceptors (Lipinski definition) is 0. The Morgan fingerprint density at radius 1 is 0.444 bits per heavy atom. The fourth-order valence-electron chi connectivity index (χ4n) is 4.24. The molecule has 0 aliphatic rings. The summed E-state index contributed by atoms with van der Waals surface area (Å²) in [4.78, 5) is 0. The van der Waals surface area contributed by atoms with E-state index in [-0.39, 0.29) is 16.2 Å². The van der Waals surface area contributed by atoms with E-state index in [1.807, 2.05) is 0 Å². The molecule has 0 saturated heterocycles. The fraction of sp³-hybridized carbons (Fsp3) is 0.556. The predicted molar refractivity (Wildman–Crippen MR) is 122 cm³/mol. The molecule has 0 N–H and O–H groups in total. The zero-order valence-corrected chi connectivity index (χ0v) is 19.8. The number of aryl methyl sites for hydroxylation is 1. The Morgan fingerprint density at radius 3 is 1.07 bits per heavy atom. The van der Waals surface area contributed by atoms with Crippen LogP contribution < -0.4 is 0 Å². The fourth-order valence-corrected chi connectivity index (χ4v) is 4.24. The van der Waals surface area contributed by atoms with Crippen molar-refractivity contribution in [3.8, 4) is 11.1 Å². The maximum Gasteiger partial charge on any atom is -0.0129 e. The van der Waals surface area contributed by atoms with Crippen molar-refractivity contribution in [1.29, 1.82) is 0 Å². The van der Waals surface area contributed by atoms with Crippen molar-refractivity contribution >= 4 is 0 Å². The largest absolute Gasteiger partial charge is 0.0561 e. The van der Waals surface area contributed by atoms with Gasteiger partial charge in [0.05, 0.1) is 0 Å². The molecule has 0 heterocycles. The Balaban J connectivity index is 2.86. The Hall–Kier alpha value is -1.56. The van der Waals surface area contributed by atoms with E-state index in [1.54, 1.807) is 0 Å². The Labute approximate surface area is 168 Å². The zero-order valence-electron chi connectivity index (χ0n) is 19.8. The first-order valence-corrected chi connectivity index (χ1v) is 10.3. The quantitative estimate of drug-likeness (QED) is 0.478. The third-order valence-corrected chi connectivity index (χ3v) is 5.83. The van der Waals surface area contributed by atoms with Crippen LogP contribution in [0.3, 0.4) is 0 Å². The van der Waals surface area contributed by atoms with Crippen molar-refractivity contribution in [3.05, 3.63) is 57.6 Å². The zero-order chi connectivity index (χ0) is 20.9. The van der Waals surface area contributed by atoms with E-state index in [9.17, 15) is 0 Å². The minimum Gasteiger partial charge on any atom is -0.0561 e. The normalized spacial score (nSPS) is 13.2. The van der Waals surface area contributed by atoms with Gasteiger partial charge in [-0.05, 0) is 81.5 Å². The summed E-state index contributed by atoms with van der Waals surface area (Å²) in [6.45, 7) is 27.7. The Bertz CT molecular complexity index is 808. The molecular weight excluding hydrogens is 324 g/mol. The summed E-state index contributed by atoms with van der Waals surface area (Å²) >= 11 is 0. The molecule has 0 aliphatic carbocycles. The van der Waals surface area contributed by atoms with E-state index in [4.69, 9.17) is 0 Å². The van der Waals surface area contributed by atoms with Gasteiger partial charge in [-0.3, -0.25) is 0 Å². The van der Waals surface area contributed by atoms with E-state index in [1.165, 1.54) is 44.5 Å². The Kier molecular flexibility index (Phi) is 5.47. The van der Waals surface area contributed by atoms with Crippen LogP contribution in [0.5, 0.6) is 0 Å². The van der Waals surface area contributed by atoms with Crippen molar-refractivity contribution in [2.75, 3.05) is 0 Å². The van der Waals surface area contributed by atoms with Crippen LogP contribution in [-0.4, -0.2) is 0 Å². The maximum atomic E-state index is 2.43. The van der Waals surface area contributed by atoms with Crippen LogP contribution in [0, 0.1) is 20.8 Å². The van der Waals surface area contributed by atoms with Crippen molar-refractivity contribution < 1.29 is 0 Å². The molecule has 0 amide bonds. The van der Waals surface area contributed by atoms with E-state index in [0.29, 0.717) is 0 Å². The van der Waals surface area contributed by atoms with Crippen LogP contribution >= 0.6 is 0 Å². The molecule has 2 rings (SSSR count). The van der Waals surface area contributed by atoms with Gasteiger partial charge < -0.3 is 0 Å². The lowest BCUT2D eigenvalue weighted by molar-refractivity contribution is 0.561. The molecule has 0 atom stereocenters. The van der Waals surface area contributed by atoms with Gasteiger partial charge in [0, 0.05) is 0 Å². The first kappa shape index (κ1) is 21.7. The molecule has 27 heavy (non-hydrogen) atoms. The molecule has 0 radical (unpaired) electrons. The van der Waals surface area contributed by atoms with Crippen molar-refractivity contribution in [3.63, 3.8) is 0 Å². The monoisotopic (exact) mass is 364 g/mol. The van der Waals surface area contributed by atoms with E-state index in [0.717, 1.165) is 0 Å². The lowest BCUT2D eigenvalue weighted by Gasteiger charge is -2.30. The third kappa shape index (κ3) is 4.48. The summed E-state index contributed by atoms with van der Waals surface area (Å²) in [6, 6.07) is 9.65. The van der Waals surface area contributed by atoms with Gasteiger partial charge >= 0.3 is 0 Å². The van der Waals surface area contributed by atoms with Crippen LogP contribution in [0.25, 0.3) is 11.1 Å². The molecule has 0 saturated carbocycles. The minimum atomic E-state index is 0.132. The molecule has 0 bridgehead atoms. The van der Waals surface area contributed by atoms with E-state index in [2.05, 4.69) is 107 Å². The molecule has 2 aromatic carbocycles. The number of rotatable bonds is 1.